The Kier molecular flexibility index (Phi) is 4.42. The first kappa shape index (κ1) is 13.1. The van der Waals surface area contributed by atoms with Crippen molar-refractivity contribution in [2.24, 2.45) is 5.73 Å². The fourth-order valence-corrected chi connectivity index (χ4v) is 2.19. The molecule has 1 aromatic carbocycles. The molecule has 0 atom stereocenters. The molecule has 0 heterocycles. The zero-order valence-electron chi connectivity index (χ0n) is 10.1. The van der Waals surface area contributed by atoms with Crippen molar-refractivity contribution in [2.75, 3.05) is 5.75 Å². The smallest absolute Gasteiger partial charge is 0.218 e. The maximum absolute atomic E-state index is 10.6. The number of hydrogen-bond acceptors (Lipinski definition) is 2. The van der Waals surface area contributed by atoms with Crippen LogP contribution in [-0.2, 0) is 10.2 Å². The molecule has 0 aromatic heterocycles. The molecule has 16 heavy (non-hydrogen) atoms. The standard InChI is InChI=1S/C13H19NOS/c1-13(2,3)10-4-6-11(7-5-10)16-9-8-12(14)15/h4-7H,8-9H2,1-3H3,(H2,14,15). The molecule has 3 heteroatoms. The minimum absolute atomic E-state index is 0.191. The molecule has 88 valence electrons. The van der Waals surface area contributed by atoms with Crippen molar-refractivity contribution in [1.82, 2.24) is 0 Å². The number of rotatable bonds is 4. The van der Waals surface area contributed by atoms with Crippen LogP contribution in [0.3, 0.4) is 0 Å². The van der Waals surface area contributed by atoms with Gasteiger partial charge in [0.15, 0.2) is 0 Å². The van der Waals surface area contributed by atoms with Crippen LogP contribution in [0.2, 0.25) is 0 Å². The van der Waals surface area contributed by atoms with Gasteiger partial charge in [-0.25, -0.2) is 0 Å². The van der Waals surface area contributed by atoms with Crippen LogP contribution >= 0.6 is 11.8 Å². The lowest BCUT2D eigenvalue weighted by molar-refractivity contribution is -0.117. The van der Waals surface area contributed by atoms with Crippen LogP contribution in [-0.4, -0.2) is 11.7 Å². The van der Waals surface area contributed by atoms with Gasteiger partial charge in [0, 0.05) is 17.1 Å². The molecule has 0 aliphatic rings. The Morgan fingerprint density at radius 1 is 1.25 bits per heavy atom. The van der Waals surface area contributed by atoms with E-state index in [1.165, 1.54) is 10.5 Å². The van der Waals surface area contributed by atoms with E-state index >= 15 is 0 Å². The van der Waals surface area contributed by atoms with Crippen molar-refractivity contribution < 1.29 is 4.79 Å². The molecule has 0 unspecified atom stereocenters. The van der Waals surface area contributed by atoms with Gasteiger partial charge in [0.25, 0.3) is 0 Å². The minimum atomic E-state index is -0.237. The molecule has 2 nitrogen and oxygen atoms in total. The minimum Gasteiger partial charge on any atom is -0.370 e. The predicted octanol–water partition coefficient (Wildman–Crippen LogP) is 2.95. The molecule has 1 rings (SSSR count). The number of hydrogen-bond donors (Lipinski definition) is 1. The maximum atomic E-state index is 10.6. The Bertz CT molecular complexity index is 351. The maximum Gasteiger partial charge on any atom is 0.218 e. The third kappa shape index (κ3) is 4.27. The molecule has 1 amide bonds. The predicted molar refractivity (Wildman–Crippen MR) is 69.7 cm³/mol. The lowest BCUT2D eigenvalue weighted by Gasteiger charge is -2.19. The highest BCUT2D eigenvalue weighted by atomic mass is 32.2. The number of amides is 1. The summed E-state index contributed by atoms with van der Waals surface area (Å²) < 4.78 is 0. The van der Waals surface area contributed by atoms with Crippen molar-refractivity contribution in [3.63, 3.8) is 0 Å². The van der Waals surface area contributed by atoms with Crippen LogP contribution in [0.4, 0.5) is 0 Å². The molecule has 0 aliphatic heterocycles. The molecular formula is C13H19NOS. The summed E-state index contributed by atoms with van der Waals surface area (Å²) in [7, 11) is 0. The summed E-state index contributed by atoms with van der Waals surface area (Å²) in [6, 6.07) is 8.50. The summed E-state index contributed by atoms with van der Waals surface area (Å²) in [5.41, 5.74) is 6.60. The second-order valence-corrected chi connectivity index (χ2v) is 6.01. The van der Waals surface area contributed by atoms with Gasteiger partial charge in [-0.15, -0.1) is 11.8 Å². The number of benzene rings is 1. The van der Waals surface area contributed by atoms with Crippen molar-refractivity contribution in [3.8, 4) is 0 Å². The molecule has 0 saturated carbocycles. The van der Waals surface area contributed by atoms with Gasteiger partial charge < -0.3 is 5.73 Å². The van der Waals surface area contributed by atoms with E-state index in [1.54, 1.807) is 11.8 Å². The summed E-state index contributed by atoms with van der Waals surface area (Å²) in [4.78, 5) is 11.8. The van der Waals surface area contributed by atoms with E-state index in [2.05, 4.69) is 45.0 Å². The van der Waals surface area contributed by atoms with Crippen molar-refractivity contribution in [2.45, 2.75) is 37.5 Å². The topological polar surface area (TPSA) is 43.1 Å². The third-order valence-corrected chi connectivity index (χ3v) is 3.35. The van der Waals surface area contributed by atoms with Crippen LogP contribution in [0.5, 0.6) is 0 Å². The summed E-state index contributed by atoms with van der Waals surface area (Å²) >= 11 is 1.67. The zero-order valence-corrected chi connectivity index (χ0v) is 10.9. The SMILES string of the molecule is CC(C)(C)c1ccc(SCCC(N)=O)cc1. The summed E-state index contributed by atoms with van der Waals surface area (Å²) in [5.74, 6) is 0.517. The molecule has 0 radical (unpaired) electrons. The normalized spacial score (nSPS) is 11.4. The first-order valence-corrected chi connectivity index (χ1v) is 6.40. The Labute approximate surface area is 102 Å². The van der Waals surface area contributed by atoms with Crippen LogP contribution in [0.1, 0.15) is 32.8 Å². The van der Waals surface area contributed by atoms with Gasteiger partial charge in [-0.3, -0.25) is 4.79 Å². The quantitative estimate of drug-likeness (QED) is 0.818. The van der Waals surface area contributed by atoms with Crippen LogP contribution in [0, 0.1) is 0 Å². The molecular weight excluding hydrogens is 218 g/mol. The van der Waals surface area contributed by atoms with E-state index in [4.69, 9.17) is 5.73 Å². The van der Waals surface area contributed by atoms with E-state index in [9.17, 15) is 4.79 Å². The van der Waals surface area contributed by atoms with Gasteiger partial charge in [0.05, 0.1) is 0 Å². The number of carbonyl (C=O) groups is 1. The Morgan fingerprint density at radius 2 is 1.81 bits per heavy atom. The van der Waals surface area contributed by atoms with E-state index in [0.717, 1.165) is 5.75 Å². The first-order chi connectivity index (χ1) is 7.39. The Balaban J connectivity index is 2.55. The lowest BCUT2D eigenvalue weighted by atomic mass is 9.87. The summed E-state index contributed by atoms with van der Waals surface area (Å²) in [6.07, 6.45) is 0.436. The van der Waals surface area contributed by atoms with Gasteiger partial charge in [-0.1, -0.05) is 32.9 Å². The second kappa shape index (κ2) is 5.39. The fourth-order valence-electron chi connectivity index (χ4n) is 1.32. The van der Waals surface area contributed by atoms with Crippen LogP contribution in [0.15, 0.2) is 29.2 Å². The number of nitrogens with two attached hydrogens (primary N) is 1. The Hall–Kier alpha value is -0.960. The average molecular weight is 237 g/mol. The van der Waals surface area contributed by atoms with Gasteiger partial charge in [0.1, 0.15) is 0 Å². The first-order valence-electron chi connectivity index (χ1n) is 5.41. The van der Waals surface area contributed by atoms with Crippen LogP contribution in [0.25, 0.3) is 0 Å². The van der Waals surface area contributed by atoms with Gasteiger partial charge in [-0.2, -0.15) is 0 Å². The number of thioether (sulfide) groups is 1. The average Bonchev–Trinajstić information content (AvgIpc) is 2.16. The molecule has 2 N–H and O–H groups in total. The van der Waals surface area contributed by atoms with E-state index in [1.807, 2.05) is 0 Å². The highest BCUT2D eigenvalue weighted by Crippen LogP contribution is 2.25. The number of primary amides is 1. The zero-order chi connectivity index (χ0) is 12.2. The monoisotopic (exact) mass is 237 g/mol. The van der Waals surface area contributed by atoms with Crippen LogP contribution < -0.4 is 5.73 Å². The third-order valence-electron chi connectivity index (χ3n) is 2.34. The molecule has 0 fully saturated rings. The largest absolute Gasteiger partial charge is 0.370 e. The van der Waals surface area contributed by atoms with E-state index < -0.39 is 0 Å². The Morgan fingerprint density at radius 3 is 2.25 bits per heavy atom. The highest BCUT2D eigenvalue weighted by molar-refractivity contribution is 7.99. The molecule has 0 spiro atoms. The fraction of sp³-hybridized carbons (Fsp3) is 0.462. The summed E-state index contributed by atoms with van der Waals surface area (Å²) in [6.45, 7) is 6.59. The lowest BCUT2D eigenvalue weighted by Crippen LogP contribution is -2.11. The molecule has 1 aromatic rings. The molecule has 0 aliphatic carbocycles. The summed E-state index contributed by atoms with van der Waals surface area (Å²) in [5, 5.41) is 0. The highest BCUT2D eigenvalue weighted by Gasteiger charge is 2.12. The van der Waals surface area contributed by atoms with Gasteiger partial charge >= 0.3 is 0 Å². The van der Waals surface area contributed by atoms with E-state index in [-0.39, 0.29) is 11.3 Å². The number of carbonyl (C=O) groups excluding carboxylic acids is 1. The van der Waals surface area contributed by atoms with Gasteiger partial charge in [0.2, 0.25) is 5.91 Å². The van der Waals surface area contributed by atoms with Gasteiger partial charge in [-0.05, 0) is 23.1 Å². The van der Waals surface area contributed by atoms with E-state index in [0.29, 0.717) is 6.42 Å². The van der Waals surface area contributed by atoms with Crippen molar-refractivity contribution >= 4 is 17.7 Å². The second-order valence-electron chi connectivity index (χ2n) is 4.84. The van der Waals surface area contributed by atoms with Crippen molar-refractivity contribution in [1.29, 1.82) is 0 Å². The van der Waals surface area contributed by atoms with Crippen molar-refractivity contribution in [3.05, 3.63) is 29.8 Å². The molecule has 0 saturated heterocycles. The molecule has 0 bridgehead atoms.